The van der Waals surface area contributed by atoms with E-state index in [2.05, 4.69) is 22.5 Å². The first kappa shape index (κ1) is 18.2. The van der Waals surface area contributed by atoms with Crippen molar-refractivity contribution < 1.29 is 4.79 Å². The van der Waals surface area contributed by atoms with Gasteiger partial charge in [0.25, 0.3) is 0 Å². The van der Waals surface area contributed by atoms with E-state index in [1.54, 1.807) is 6.20 Å². The maximum Gasteiger partial charge on any atom is 0.225 e. The second kappa shape index (κ2) is 9.23. The molecule has 0 saturated heterocycles. The zero-order valence-corrected chi connectivity index (χ0v) is 13.6. The molecule has 1 aromatic heterocycles. The first-order chi connectivity index (χ1) is 10.1. The molecular formula is C16H23ClN4O. The van der Waals surface area contributed by atoms with Gasteiger partial charge >= 0.3 is 0 Å². The van der Waals surface area contributed by atoms with E-state index >= 15 is 0 Å². The van der Waals surface area contributed by atoms with Crippen molar-refractivity contribution in [2.75, 3.05) is 5.32 Å². The van der Waals surface area contributed by atoms with Crippen LogP contribution in [0.25, 0.3) is 0 Å². The number of nitrogens with two attached hydrogens (primary N) is 1. The summed E-state index contributed by atoms with van der Waals surface area (Å²) in [7, 11) is 0. The van der Waals surface area contributed by atoms with E-state index in [1.807, 2.05) is 35.9 Å². The summed E-state index contributed by atoms with van der Waals surface area (Å²) in [5.41, 5.74) is 6.91. The number of anilines is 1. The summed E-state index contributed by atoms with van der Waals surface area (Å²) in [6, 6.07) is 12.1. The Morgan fingerprint density at radius 1 is 1.32 bits per heavy atom. The van der Waals surface area contributed by atoms with Crippen LogP contribution < -0.4 is 11.1 Å². The van der Waals surface area contributed by atoms with Gasteiger partial charge in [0, 0.05) is 25.1 Å². The van der Waals surface area contributed by atoms with Crippen LogP contribution in [0.15, 0.2) is 42.6 Å². The van der Waals surface area contributed by atoms with Gasteiger partial charge in [-0.25, -0.2) is 4.68 Å². The molecule has 0 bridgehead atoms. The second-order valence-corrected chi connectivity index (χ2v) is 5.24. The Hall–Kier alpha value is -1.85. The summed E-state index contributed by atoms with van der Waals surface area (Å²) < 4.78 is 1.82. The summed E-state index contributed by atoms with van der Waals surface area (Å²) >= 11 is 0. The monoisotopic (exact) mass is 322 g/mol. The van der Waals surface area contributed by atoms with Crippen LogP contribution in [0.2, 0.25) is 0 Å². The predicted molar refractivity (Wildman–Crippen MR) is 91.1 cm³/mol. The van der Waals surface area contributed by atoms with Crippen LogP contribution in [0.3, 0.4) is 0 Å². The zero-order valence-electron chi connectivity index (χ0n) is 12.7. The number of aromatic nitrogens is 2. The Labute approximate surface area is 137 Å². The fourth-order valence-electron chi connectivity index (χ4n) is 2.06. The van der Waals surface area contributed by atoms with Crippen LogP contribution in [-0.4, -0.2) is 21.7 Å². The lowest BCUT2D eigenvalue weighted by Gasteiger charge is -2.10. The number of carbonyl (C=O) groups excluding carboxylic acids is 1. The SMILES string of the molecule is CC(N)CCC(=O)Nc1ccnn1CCc1ccccc1.Cl. The lowest BCUT2D eigenvalue weighted by atomic mass is 10.1. The molecule has 0 spiro atoms. The van der Waals surface area contributed by atoms with Gasteiger partial charge in [0.2, 0.25) is 5.91 Å². The third-order valence-electron chi connectivity index (χ3n) is 3.27. The number of nitrogens with zero attached hydrogens (tertiary/aromatic N) is 2. The fourth-order valence-corrected chi connectivity index (χ4v) is 2.06. The highest BCUT2D eigenvalue weighted by Crippen LogP contribution is 2.10. The number of halogens is 1. The standard InChI is InChI=1S/C16H22N4O.ClH/c1-13(17)7-8-16(21)19-15-9-11-18-20(15)12-10-14-5-3-2-4-6-14;/h2-6,9,11,13H,7-8,10,12,17H2,1H3,(H,19,21);1H. The minimum Gasteiger partial charge on any atom is -0.328 e. The van der Waals surface area contributed by atoms with Crippen molar-refractivity contribution in [2.45, 2.75) is 38.8 Å². The van der Waals surface area contributed by atoms with E-state index in [0.29, 0.717) is 12.8 Å². The van der Waals surface area contributed by atoms with Crippen LogP contribution in [0.4, 0.5) is 5.82 Å². The average molecular weight is 323 g/mol. The van der Waals surface area contributed by atoms with Gasteiger partial charge in [-0.05, 0) is 25.3 Å². The molecule has 2 rings (SSSR count). The highest BCUT2D eigenvalue weighted by atomic mass is 35.5. The molecule has 6 heteroatoms. The Balaban J connectivity index is 0.00000242. The van der Waals surface area contributed by atoms with Crippen LogP contribution in [-0.2, 0) is 17.8 Å². The number of nitrogens with one attached hydrogen (secondary N) is 1. The summed E-state index contributed by atoms with van der Waals surface area (Å²) in [6.45, 7) is 2.64. The smallest absolute Gasteiger partial charge is 0.225 e. The molecule has 2 aromatic rings. The van der Waals surface area contributed by atoms with E-state index in [9.17, 15) is 4.79 Å². The minimum atomic E-state index is -0.0197. The molecule has 0 saturated carbocycles. The van der Waals surface area contributed by atoms with Gasteiger partial charge in [0.1, 0.15) is 5.82 Å². The van der Waals surface area contributed by atoms with Crippen molar-refractivity contribution in [1.29, 1.82) is 0 Å². The third-order valence-corrected chi connectivity index (χ3v) is 3.27. The molecular weight excluding hydrogens is 300 g/mol. The molecule has 1 unspecified atom stereocenters. The first-order valence-corrected chi connectivity index (χ1v) is 7.26. The third kappa shape index (κ3) is 5.87. The number of hydrogen-bond donors (Lipinski definition) is 2. The lowest BCUT2D eigenvalue weighted by molar-refractivity contribution is -0.116. The van der Waals surface area contributed by atoms with E-state index in [-0.39, 0.29) is 24.4 Å². The van der Waals surface area contributed by atoms with Gasteiger partial charge in [-0.15, -0.1) is 12.4 Å². The number of rotatable bonds is 7. The zero-order chi connectivity index (χ0) is 15.1. The Kier molecular flexibility index (Phi) is 7.63. The van der Waals surface area contributed by atoms with Gasteiger partial charge in [-0.3, -0.25) is 4.79 Å². The summed E-state index contributed by atoms with van der Waals surface area (Å²) in [4.78, 5) is 11.8. The molecule has 1 aromatic carbocycles. The summed E-state index contributed by atoms with van der Waals surface area (Å²) in [5, 5.41) is 7.14. The maximum absolute atomic E-state index is 11.8. The lowest BCUT2D eigenvalue weighted by Crippen LogP contribution is -2.21. The van der Waals surface area contributed by atoms with Crippen molar-refractivity contribution in [3.05, 3.63) is 48.2 Å². The summed E-state index contributed by atoms with van der Waals surface area (Å²) in [6.07, 6.45) is 3.70. The highest BCUT2D eigenvalue weighted by molar-refractivity contribution is 5.89. The first-order valence-electron chi connectivity index (χ1n) is 7.26. The van der Waals surface area contributed by atoms with E-state index in [0.717, 1.165) is 18.8 Å². The Morgan fingerprint density at radius 3 is 2.73 bits per heavy atom. The van der Waals surface area contributed by atoms with Gasteiger partial charge in [-0.1, -0.05) is 30.3 Å². The Bertz CT molecular complexity index is 569. The molecule has 5 nitrogen and oxygen atoms in total. The largest absolute Gasteiger partial charge is 0.328 e. The topological polar surface area (TPSA) is 72.9 Å². The number of carbonyl (C=O) groups is 1. The van der Waals surface area contributed by atoms with E-state index in [4.69, 9.17) is 5.73 Å². The highest BCUT2D eigenvalue weighted by Gasteiger charge is 2.08. The van der Waals surface area contributed by atoms with Crippen molar-refractivity contribution >= 4 is 24.1 Å². The number of aryl methyl sites for hydroxylation is 2. The Morgan fingerprint density at radius 2 is 2.05 bits per heavy atom. The van der Waals surface area contributed by atoms with Crippen molar-refractivity contribution in [2.24, 2.45) is 5.73 Å². The second-order valence-electron chi connectivity index (χ2n) is 5.24. The molecule has 0 aliphatic rings. The van der Waals surface area contributed by atoms with Gasteiger partial charge in [-0.2, -0.15) is 5.10 Å². The van der Waals surface area contributed by atoms with Crippen molar-refractivity contribution in [3.63, 3.8) is 0 Å². The van der Waals surface area contributed by atoms with Crippen LogP contribution in [0.1, 0.15) is 25.3 Å². The molecule has 1 amide bonds. The molecule has 120 valence electrons. The number of hydrogen-bond acceptors (Lipinski definition) is 3. The van der Waals surface area contributed by atoms with Gasteiger partial charge < -0.3 is 11.1 Å². The van der Waals surface area contributed by atoms with Crippen molar-refractivity contribution in [1.82, 2.24) is 9.78 Å². The van der Waals surface area contributed by atoms with Gasteiger partial charge in [0.05, 0.1) is 6.20 Å². The molecule has 22 heavy (non-hydrogen) atoms. The van der Waals surface area contributed by atoms with Crippen LogP contribution in [0, 0.1) is 0 Å². The maximum atomic E-state index is 11.8. The number of benzene rings is 1. The van der Waals surface area contributed by atoms with Crippen LogP contribution in [0.5, 0.6) is 0 Å². The number of amides is 1. The van der Waals surface area contributed by atoms with Crippen molar-refractivity contribution in [3.8, 4) is 0 Å². The quantitative estimate of drug-likeness (QED) is 0.823. The average Bonchev–Trinajstić information content (AvgIpc) is 2.91. The van der Waals surface area contributed by atoms with E-state index < -0.39 is 0 Å². The minimum absolute atomic E-state index is 0. The molecule has 1 heterocycles. The molecule has 3 N–H and O–H groups in total. The normalized spacial score (nSPS) is 11.5. The molecule has 0 aliphatic carbocycles. The van der Waals surface area contributed by atoms with E-state index in [1.165, 1.54) is 5.56 Å². The molecule has 0 fully saturated rings. The molecule has 1 atom stereocenters. The fraction of sp³-hybridized carbons (Fsp3) is 0.375. The van der Waals surface area contributed by atoms with Crippen LogP contribution >= 0.6 is 12.4 Å². The molecule has 0 aliphatic heterocycles. The molecule has 0 radical (unpaired) electrons. The predicted octanol–water partition coefficient (Wildman–Crippen LogP) is 2.61. The summed E-state index contributed by atoms with van der Waals surface area (Å²) in [5.74, 6) is 0.717. The van der Waals surface area contributed by atoms with Gasteiger partial charge in [0.15, 0.2) is 0 Å².